The number of anilines is 1. The van der Waals surface area contributed by atoms with E-state index in [9.17, 15) is 4.79 Å². The molecule has 2 heterocycles. The van der Waals surface area contributed by atoms with Gasteiger partial charge in [0.05, 0.1) is 22.3 Å². The van der Waals surface area contributed by atoms with Crippen molar-refractivity contribution in [3.63, 3.8) is 0 Å². The minimum absolute atomic E-state index is 0.0816. The van der Waals surface area contributed by atoms with E-state index >= 15 is 0 Å². The minimum atomic E-state index is -0.432. The van der Waals surface area contributed by atoms with Crippen LogP contribution in [0.2, 0.25) is 10.2 Å². The Morgan fingerprint density at radius 2 is 2.11 bits per heavy atom. The number of aromatic nitrogens is 1. The number of pyridine rings is 1. The zero-order chi connectivity index (χ0) is 20.5. The number of rotatable bonds is 4. The van der Waals surface area contributed by atoms with Gasteiger partial charge in [-0.25, -0.2) is 10.4 Å². The standard InChI is InChI=1S/C21H22Cl2N4O/c1-5-27-18-10-17(22)14(9-16(18)13(2)11-21(27,3)4)12-25-26-20(28)15-7-6-8-24-19(15)23/h6-12H,5H2,1-4H3,(H,26,28)/b25-12-. The molecule has 0 saturated carbocycles. The molecular weight excluding hydrogens is 395 g/mol. The molecule has 1 aliphatic rings. The molecule has 1 aromatic carbocycles. The lowest BCUT2D eigenvalue weighted by atomic mass is 9.88. The fourth-order valence-corrected chi connectivity index (χ4v) is 3.98. The molecule has 0 bridgehead atoms. The summed E-state index contributed by atoms with van der Waals surface area (Å²) < 4.78 is 0. The predicted molar refractivity (Wildman–Crippen MR) is 117 cm³/mol. The maximum atomic E-state index is 12.2. The highest BCUT2D eigenvalue weighted by Crippen LogP contribution is 2.40. The largest absolute Gasteiger partial charge is 0.363 e. The van der Waals surface area contributed by atoms with Crippen molar-refractivity contribution in [2.24, 2.45) is 5.10 Å². The van der Waals surface area contributed by atoms with Gasteiger partial charge in [-0.3, -0.25) is 4.79 Å². The van der Waals surface area contributed by atoms with Gasteiger partial charge >= 0.3 is 0 Å². The fourth-order valence-electron chi connectivity index (χ4n) is 3.57. The smallest absolute Gasteiger partial charge is 0.274 e. The van der Waals surface area contributed by atoms with Crippen LogP contribution in [0.4, 0.5) is 5.69 Å². The molecule has 146 valence electrons. The molecule has 0 atom stereocenters. The molecule has 0 aliphatic carbocycles. The SMILES string of the molecule is CCN1c2cc(Cl)c(/C=N\NC(=O)c3cccnc3Cl)cc2C(C)=CC1(C)C. The number of carbonyl (C=O) groups excluding carboxylic acids is 1. The number of benzene rings is 1. The van der Waals surface area contributed by atoms with E-state index in [1.54, 1.807) is 12.1 Å². The lowest BCUT2D eigenvalue weighted by Gasteiger charge is -2.43. The number of hydrazone groups is 1. The van der Waals surface area contributed by atoms with Crippen molar-refractivity contribution in [1.29, 1.82) is 0 Å². The summed E-state index contributed by atoms with van der Waals surface area (Å²) in [5.74, 6) is -0.432. The number of nitrogens with zero attached hydrogens (tertiary/aromatic N) is 3. The Kier molecular flexibility index (Phi) is 5.77. The third-order valence-electron chi connectivity index (χ3n) is 4.79. The normalized spacial score (nSPS) is 15.4. The third-order valence-corrected chi connectivity index (χ3v) is 5.41. The Morgan fingerprint density at radius 3 is 2.79 bits per heavy atom. The second-order valence-electron chi connectivity index (χ2n) is 7.16. The summed E-state index contributed by atoms with van der Waals surface area (Å²) in [4.78, 5) is 18.4. The van der Waals surface area contributed by atoms with E-state index in [2.05, 4.69) is 54.2 Å². The molecule has 28 heavy (non-hydrogen) atoms. The third kappa shape index (κ3) is 3.91. The fraction of sp³-hybridized carbons (Fsp3) is 0.286. The van der Waals surface area contributed by atoms with Crippen LogP contribution >= 0.6 is 23.2 Å². The van der Waals surface area contributed by atoms with Gasteiger partial charge in [-0.15, -0.1) is 0 Å². The van der Waals surface area contributed by atoms with E-state index < -0.39 is 5.91 Å². The van der Waals surface area contributed by atoms with Crippen LogP contribution < -0.4 is 10.3 Å². The Hall–Kier alpha value is -2.37. The molecule has 0 spiro atoms. The van der Waals surface area contributed by atoms with Crippen LogP contribution in [0.3, 0.4) is 0 Å². The minimum Gasteiger partial charge on any atom is -0.363 e. The van der Waals surface area contributed by atoms with Gasteiger partial charge in [0.2, 0.25) is 0 Å². The van der Waals surface area contributed by atoms with E-state index in [1.165, 1.54) is 18.0 Å². The molecule has 0 fully saturated rings. The molecule has 0 unspecified atom stereocenters. The highest BCUT2D eigenvalue weighted by molar-refractivity contribution is 6.33. The average Bonchev–Trinajstić information content (AvgIpc) is 2.62. The van der Waals surface area contributed by atoms with Crippen molar-refractivity contribution in [3.8, 4) is 0 Å². The summed E-state index contributed by atoms with van der Waals surface area (Å²) >= 11 is 12.4. The number of likely N-dealkylation sites (N-methyl/N-ethyl adjacent to an activating group) is 1. The van der Waals surface area contributed by atoms with E-state index in [0.717, 1.165) is 23.4 Å². The van der Waals surface area contributed by atoms with Gasteiger partial charge in [0.1, 0.15) is 5.15 Å². The number of halogens is 2. The lowest BCUT2D eigenvalue weighted by Crippen LogP contribution is -2.44. The van der Waals surface area contributed by atoms with E-state index in [1.807, 2.05) is 12.1 Å². The van der Waals surface area contributed by atoms with E-state index in [-0.39, 0.29) is 16.3 Å². The number of hydrogen-bond donors (Lipinski definition) is 1. The van der Waals surface area contributed by atoms with Gasteiger partial charge in [0.25, 0.3) is 5.91 Å². The summed E-state index contributed by atoms with van der Waals surface area (Å²) in [5.41, 5.74) is 6.75. The Labute approximate surface area is 175 Å². The Balaban J connectivity index is 1.87. The van der Waals surface area contributed by atoms with E-state index in [4.69, 9.17) is 23.2 Å². The number of fused-ring (bicyclic) bond motifs is 1. The summed E-state index contributed by atoms with van der Waals surface area (Å²) in [6.45, 7) is 9.46. The molecule has 5 nitrogen and oxygen atoms in total. The first-order chi connectivity index (χ1) is 13.2. The van der Waals surface area contributed by atoms with Crippen molar-refractivity contribution in [3.05, 3.63) is 63.4 Å². The van der Waals surface area contributed by atoms with Crippen molar-refractivity contribution < 1.29 is 4.79 Å². The van der Waals surface area contributed by atoms with Crippen LogP contribution in [0.25, 0.3) is 5.57 Å². The summed E-state index contributed by atoms with van der Waals surface area (Å²) in [6.07, 6.45) is 5.31. The number of hydrogen-bond acceptors (Lipinski definition) is 4. The summed E-state index contributed by atoms with van der Waals surface area (Å²) in [7, 11) is 0. The van der Waals surface area contributed by atoms with Gasteiger partial charge < -0.3 is 4.90 Å². The molecular formula is C21H22Cl2N4O. The van der Waals surface area contributed by atoms with Gasteiger partial charge in [0, 0.05) is 29.6 Å². The second-order valence-corrected chi connectivity index (χ2v) is 7.92. The number of allylic oxidation sites excluding steroid dienone is 1. The monoisotopic (exact) mass is 416 g/mol. The van der Waals surface area contributed by atoms with Crippen molar-refractivity contribution in [2.45, 2.75) is 33.2 Å². The summed E-state index contributed by atoms with van der Waals surface area (Å²) in [5, 5.41) is 4.73. The van der Waals surface area contributed by atoms with Crippen molar-refractivity contribution in [2.75, 3.05) is 11.4 Å². The maximum absolute atomic E-state index is 12.2. The highest BCUT2D eigenvalue weighted by Gasteiger charge is 2.30. The number of amides is 1. The van der Waals surface area contributed by atoms with Crippen molar-refractivity contribution >= 4 is 46.6 Å². The summed E-state index contributed by atoms with van der Waals surface area (Å²) in [6, 6.07) is 7.18. The van der Waals surface area contributed by atoms with Crippen LogP contribution in [0.1, 0.15) is 49.2 Å². The zero-order valence-corrected chi connectivity index (χ0v) is 17.8. The molecule has 1 N–H and O–H groups in total. The first kappa shape index (κ1) is 20.4. The quantitative estimate of drug-likeness (QED) is 0.424. The Bertz CT molecular complexity index is 982. The zero-order valence-electron chi connectivity index (χ0n) is 16.3. The topological polar surface area (TPSA) is 57.6 Å². The highest BCUT2D eigenvalue weighted by atomic mass is 35.5. The van der Waals surface area contributed by atoms with Gasteiger partial charge in [-0.2, -0.15) is 5.10 Å². The first-order valence-corrected chi connectivity index (χ1v) is 9.75. The Morgan fingerprint density at radius 1 is 1.36 bits per heavy atom. The molecule has 3 rings (SSSR count). The van der Waals surface area contributed by atoms with Crippen LogP contribution in [0.15, 0.2) is 41.6 Å². The van der Waals surface area contributed by atoms with Crippen LogP contribution in [-0.2, 0) is 0 Å². The van der Waals surface area contributed by atoms with E-state index in [0.29, 0.717) is 5.02 Å². The average molecular weight is 417 g/mol. The molecule has 1 aliphatic heterocycles. The lowest BCUT2D eigenvalue weighted by molar-refractivity contribution is 0.0955. The molecule has 0 saturated heterocycles. The van der Waals surface area contributed by atoms with Crippen molar-refractivity contribution in [1.82, 2.24) is 10.4 Å². The van der Waals surface area contributed by atoms with Gasteiger partial charge in [-0.1, -0.05) is 29.3 Å². The van der Waals surface area contributed by atoms with Crippen LogP contribution in [-0.4, -0.2) is 29.2 Å². The second kappa shape index (κ2) is 7.94. The van der Waals surface area contributed by atoms with Crippen LogP contribution in [0.5, 0.6) is 0 Å². The molecule has 1 amide bonds. The number of carbonyl (C=O) groups is 1. The molecule has 2 aromatic rings. The molecule has 1 aromatic heterocycles. The molecule has 0 radical (unpaired) electrons. The van der Waals surface area contributed by atoms with Gasteiger partial charge in [0.15, 0.2) is 0 Å². The first-order valence-electron chi connectivity index (χ1n) is 8.99. The molecule has 7 heteroatoms. The predicted octanol–water partition coefficient (Wildman–Crippen LogP) is 5.17. The van der Waals surface area contributed by atoms with Gasteiger partial charge in [-0.05, 0) is 57.5 Å². The maximum Gasteiger partial charge on any atom is 0.274 e. The van der Waals surface area contributed by atoms with Crippen LogP contribution in [0, 0.1) is 0 Å². The number of nitrogens with one attached hydrogen (secondary N) is 1.